The molecule has 1 rings (SSSR count). The van der Waals surface area contributed by atoms with Crippen LogP contribution in [-0.2, 0) is 9.84 Å². The Hall–Kier alpha value is -0.0900. The summed E-state index contributed by atoms with van der Waals surface area (Å²) in [5.74, 6) is 0.573. The van der Waals surface area contributed by atoms with Crippen LogP contribution in [0.3, 0.4) is 0 Å². The van der Waals surface area contributed by atoms with Crippen molar-refractivity contribution in [2.24, 2.45) is 11.7 Å². The molecule has 0 spiro atoms. The van der Waals surface area contributed by atoms with E-state index in [0.717, 1.165) is 19.3 Å². The Morgan fingerprint density at radius 3 is 2.29 bits per heavy atom. The summed E-state index contributed by atoms with van der Waals surface area (Å²) in [5.41, 5.74) is 5.91. The van der Waals surface area contributed by atoms with Crippen molar-refractivity contribution >= 4 is 9.84 Å². The molecule has 1 aliphatic rings. The van der Waals surface area contributed by atoms with Crippen LogP contribution in [0.2, 0.25) is 0 Å². The molecule has 0 aromatic heterocycles. The largest absolute Gasteiger partial charge is 0.327 e. The van der Waals surface area contributed by atoms with Gasteiger partial charge in [0.2, 0.25) is 0 Å². The molecular formula is C10H21NO2S. The molecule has 0 heterocycles. The maximum absolute atomic E-state index is 11.9. The van der Waals surface area contributed by atoms with Crippen LogP contribution in [0.1, 0.15) is 40.0 Å². The number of rotatable bonds is 2. The van der Waals surface area contributed by atoms with E-state index in [1.54, 1.807) is 13.8 Å². The van der Waals surface area contributed by atoms with Crippen LogP contribution in [0, 0.1) is 5.92 Å². The second-order valence-electron chi connectivity index (χ2n) is 4.76. The summed E-state index contributed by atoms with van der Waals surface area (Å²) in [6.07, 6.45) is 2.57. The van der Waals surface area contributed by atoms with Crippen LogP contribution in [0.4, 0.5) is 0 Å². The van der Waals surface area contributed by atoms with Gasteiger partial charge in [-0.3, -0.25) is 0 Å². The van der Waals surface area contributed by atoms with Gasteiger partial charge in [-0.2, -0.15) is 0 Å². The first-order chi connectivity index (χ1) is 6.35. The molecule has 1 saturated carbocycles. The zero-order valence-electron chi connectivity index (χ0n) is 9.23. The van der Waals surface area contributed by atoms with Crippen molar-refractivity contribution in [1.29, 1.82) is 0 Å². The Morgan fingerprint density at radius 1 is 1.29 bits per heavy atom. The van der Waals surface area contributed by atoms with Gasteiger partial charge in [0.15, 0.2) is 9.84 Å². The fraction of sp³-hybridized carbons (Fsp3) is 1.00. The molecule has 2 N–H and O–H groups in total. The van der Waals surface area contributed by atoms with Gasteiger partial charge in [-0.15, -0.1) is 0 Å². The quantitative estimate of drug-likeness (QED) is 0.762. The van der Waals surface area contributed by atoms with Crippen molar-refractivity contribution in [2.45, 2.75) is 56.6 Å². The van der Waals surface area contributed by atoms with Gasteiger partial charge in [0.25, 0.3) is 0 Å². The van der Waals surface area contributed by atoms with E-state index in [4.69, 9.17) is 5.73 Å². The Bertz CT molecular complexity index is 284. The molecule has 1 fully saturated rings. The summed E-state index contributed by atoms with van der Waals surface area (Å²) in [7, 11) is -3.00. The molecule has 0 aliphatic heterocycles. The third-order valence-electron chi connectivity index (χ3n) is 3.18. The molecule has 3 nitrogen and oxygen atoms in total. The highest BCUT2D eigenvalue weighted by atomic mass is 32.2. The monoisotopic (exact) mass is 219 g/mol. The normalized spacial score (nSPS) is 34.8. The lowest BCUT2D eigenvalue weighted by molar-refractivity contribution is 0.342. The van der Waals surface area contributed by atoms with Crippen molar-refractivity contribution < 1.29 is 8.42 Å². The number of hydrogen-bond donors (Lipinski definition) is 1. The summed E-state index contributed by atoms with van der Waals surface area (Å²) in [4.78, 5) is 0. The molecule has 0 saturated heterocycles. The number of sulfone groups is 1. The van der Waals surface area contributed by atoms with Crippen LogP contribution in [-0.4, -0.2) is 25.0 Å². The van der Waals surface area contributed by atoms with E-state index in [-0.39, 0.29) is 16.5 Å². The third kappa shape index (κ3) is 2.28. The van der Waals surface area contributed by atoms with E-state index in [1.807, 2.05) is 0 Å². The summed E-state index contributed by atoms with van der Waals surface area (Å²) in [6, 6.07) is -0.161. The zero-order chi connectivity index (χ0) is 10.9. The van der Waals surface area contributed by atoms with Gasteiger partial charge >= 0.3 is 0 Å². The Labute approximate surface area is 87.0 Å². The number of hydrogen-bond acceptors (Lipinski definition) is 3. The minimum Gasteiger partial charge on any atom is -0.327 e. The molecule has 3 atom stereocenters. The van der Waals surface area contributed by atoms with Crippen LogP contribution in [0.15, 0.2) is 0 Å². The molecule has 1 aliphatic carbocycles. The van der Waals surface area contributed by atoms with Gasteiger partial charge in [-0.05, 0) is 39.0 Å². The first-order valence-corrected chi connectivity index (χ1v) is 6.95. The maximum atomic E-state index is 11.9. The third-order valence-corrected chi connectivity index (χ3v) is 5.92. The SMILES string of the molecule is CC1CCC(S(=O)(=O)C(C)C)C(N)C1. The van der Waals surface area contributed by atoms with Crippen LogP contribution >= 0.6 is 0 Å². The molecular weight excluding hydrogens is 198 g/mol. The predicted molar refractivity (Wildman–Crippen MR) is 58.8 cm³/mol. The van der Waals surface area contributed by atoms with Crippen molar-refractivity contribution in [3.8, 4) is 0 Å². The number of nitrogens with two attached hydrogens (primary N) is 1. The van der Waals surface area contributed by atoms with Crippen molar-refractivity contribution in [3.05, 3.63) is 0 Å². The maximum Gasteiger partial charge on any atom is 0.156 e. The molecule has 3 unspecified atom stereocenters. The fourth-order valence-electron chi connectivity index (χ4n) is 2.15. The Balaban J connectivity index is 2.79. The van der Waals surface area contributed by atoms with E-state index in [0.29, 0.717) is 5.92 Å². The zero-order valence-corrected chi connectivity index (χ0v) is 10.0. The molecule has 84 valence electrons. The lowest BCUT2D eigenvalue weighted by atomic mass is 9.87. The topological polar surface area (TPSA) is 60.2 Å². The molecule has 0 bridgehead atoms. The highest BCUT2D eigenvalue weighted by Gasteiger charge is 2.36. The van der Waals surface area contributed by atoms with Gasteiger partial charge in [-0.1, -0.05) is 6.92 Å². The van der Waals surface area contributed by atoms with Gasteiger partial charge in [0.1, 0.15) is 0 Å². The summed E-state index contributed by atoms with van der Waals surface area (Å²) < 4.78 is 23.8. The van der Waals surface area contributed by atoms with Crippen molar-refractivity contribution in [1.82, 2.24) is 0 Å². The average molecular weight is 219 g/mol. The highest BCUT2D eigenvalue weighted by Crippen LogP contribution is 2.29. The van der Waals surface area contributed by atoms with Gasteiger partial charge in [0.05, 0.1) is 10.5 Å². The molecule has 0 radical (unpaired) electrons. The predicted octanol–water partition coefficient (Wildman–Crippen LogP) is 1.33. The second-order valence-corrected chi connectivity index (χ2v) is 7.48. The molecule has 0 aromatic carbocycles. The smallest absolute Gasteiger partial charge is 0.156 e. The van der Waals surface area contributed by atoms with E-state index in [2.05, 4.69) is 6.92 Å². The van der Waals surface area contributed by atoms with Crippen LogP contribution in [0.5, 0.6) is 0 Å². The average Bonchev–Trinajstić information content (AvgIpc) is 2.02. The highest BCUT2D eigenvalue weighted by molar-refractivity contribution is 7.92. The molecule has 4 heteroatoms. The molecule has 0 amide bonds. The minimum atomic E-state index is -3.00. The summed E-state index contributed by atoms with van der Waals surface area (Å²) in [5, 5.41) is -0.606. The van der Waals surface area contributed by atoms with E-state index in [9.17, 15) is 8.42 Å². The first-order valence-electron chi connectivity index (χ1n) is 5.34. The van der Waals surface area contributed by atoms with Crippen LogP contribution in [0.25, 0.3) is 0 Å². The van der Waals surface area contributed by atoms with E-state index in [1.165, 1.54) is 0 Å². The van der Waals surface area contributed by atoms with Gasteiger partial charge < -0.3 is 5.73 Å². The van der Waals surface area contributed by atoms with Crippen molar-refractivity contribution in [2.75, 3.05) is 0 Å². The molecule has 0 aromatic rings. The second kappa shape index (κ2) is 4.19. The molecule has 14 heavy (non-hydrogen) atoms. The van der Waals surface area contributed by atoms with E-state index < -0.39 is 9.84 Å². The first kappa shape index (κ1) is 12.0. The Morgan fingerprint density at radius 2 is 1.86 bits per heavy atom. The standard InChI is InChI=1S/C10H21NO2S/c1-7(2)14(12,13)10-5-4-8(3)6-9(10)11/h7-10H,4-6,11H2,1-3H3. The lowest BCUT2D eigenvalue weighted by Crippen LogP contribution is -2.47. The van der Waals surface area contributed by atoms with Gasteiger partial charge in [0, 0.05) is 6.04 Å². The summed E-state index contributed by atoms with van der Waals surface area (Å²) >= 11 is 0. The summed E-state index contributed by atoms with van der Waals surface area (Å²) in [6.45, 7) is 5.61. The fourth-order valence-corrected chi connectivity index (χ4v) is 3.92. The van der Waals surface area contributed by atoms with Crippen LogP contribution < -0.4 is 5.73 Å². The van der Waals surface area contributed by atoms with Crippen molar-refractivity contribution in [3.63, 3.8) is 0 Å². The van der Waals surface area contributed by atoms with Gasteiger partial charge in [-0.25, -0.2) is 8.42 Å². The Kier molecular flexibility index (Phi) is 3.58. The minimum absolute atomic E-state index is 0.161. The van der Waals surface area contributed by atoms with E-state index >= 15 is 0 Å². The lowest BCUT2D eigenvalue weighted by Gasteiger charge is -2.33.